The minimum Gasteiger partial charge on any atom is -0.388 e. The maximum atomic E-state index is 12.6. The number of carbonyl (C=O) groups excluding carboxylic acids is 2. The van der Waals surface area contributed by atoms with Crippen molar-refractivity contribution < 1.29 is 9.59 Å². The third kappa shape index (κ3) is 1.57. The molecule has 0 radical (unpaired) electrons. The Morgan fingerprint density at radius 1 is 1.14 bits per heavy atom. The molecule has 1 aliphatic rings. The van der Waals surface area contributed by atoms with Crippen LogP contribution in [0.15, 0.2) is 36.5 Å². The first-order valence-electron chi connectivity index (χ1n) is 6.69. The van der Waals surface area contributed by atoms with Crippen molar-refractivity contribution in [1.82, 2.24) is 9.38 Å². The fourth-order valence-corrected chi connectivity index (χ4v) is 3.01. The lowest BCUT2D eigenvalue weighted by atomic mass is 9.89. The summed E-state index contributed by atoms with van der Waals surface area (Å²) in [6, 6.07) is 8.82. The second-order valence-corrected chi connectivity index (χ2v) is 5.46. The third-order valence-electron chi connectivity index (χ3n) is 3.82. The molecule has 5 nitrogen and oxygen atoms in total. The largest absolute Gasteiger partial charge is 0.388 e. The number of pyridine rings is 1. The van der Waals surface area contributed by atoms with Gasteiger partial charge in [0.2, 0.25) is 5.78 Å². The van der Waals surface area contributed by atoms with Gasteiger partial charge in [-0.3, -0.25) is 14.0 Å². The number of halogens is 1. The molecule has 1 aromatic carbocycles. The van der Waals surface area contributed by atoms with Crippen molar-refractivity contribution in [3.05, 3.63) is 52.8 Å². The monoisotopic (exact) mass is 311 g/mol. The molecule has 0 saturated carbocycles. The lowest BCUT2D eigenvalue weighted by molar-refractivity contribution is 0.0812. The number of Topliss-reactive ketones (excluding diaryl/α,β-unsaturated/α-hetero) is 2. The fraction of sp³-hybridized carbons (Fsp3) is 0.0625. The van der Waals surface area contributed by atoms with Crippen LogP contribution >= 0.6 is 11.6 Å². The summed E-state index contributed by atoms with van der Waals surface area (Å²) in [7, 11) is 1.71. The Morgan fingerprint density at radius 3 is 2.73 bits per heavy atom. The lowest BCUT2D eigenvalue weighted by Crippen LogP contribution is -2.23. The highest BCUT2D eigenvalue weighted by molar-refractivity contribution is 6.53. The number of anilines is 1. The fourth-order valence-electron chi connectivity index (χ4n) is 2.85. The second-order valence-electron chi connectivity index (χ2n) is 5.02. The number of hydrogen-bond donors (Lipinski definition) is 1. The van der Waals surface area contributed by atoms with E-state index < -0.39 is 11.6 Å². The van der Waals surface area contributed by atoms with Crippen LogP contribution < -0.4 is 5.32 Å². The van der Waals surface area contributed by atoms with Crippen molar-refractivity contribution in [3.63, 3.8) is 0 Å². The van der Waals surface area contributed by atoms with Crippen molar-refractivity contribution in [2.24, 2.45) is 0 Å². The molecule has 1 aliphatic carbocycles. The highest BCUT2D eigenvalue weighted by Crippen LogP contribution is 2.37. The number of rotatable bonds is 1. The molecule has 0 atom stereocenters. The van der Waals surface area contributed by atoms with Gasteiger partial charge in [0, 0.05) is 24.5 Å². The number of carbonyl (C=O) groups is 2. The number of nitrogens with one attached hydrogen (secondary N) is 1. The van der Waals surface area contributed by atoms with Crippen molar-refractivity contribution in [2.45, 2.75) is 0 Å². The Labute approximate surface area is 130 Å². The molecule has 0 spiro atoms. The molecule has 0 unspecified atom stereocenters. The van der Waals surface area contributed by atoms with Gasteiger partial charge in [-0.15, -0.1) is 0 Å². The molecule has 108 valence electrons. The standard InChI is InChI=1S/C16H10ClN3O2/c1-18-10-4-2-3-9-12(10)15(21)16(22)14-13(9)19-11-6-5-8(17)7-20(11)14/h2-7,18H,1H3. The summed E-state index contributed by atoms with van der Waals surface area (Å²) in [5.41, 5.74) is 3.01. The highest BCUT2D eigenvalue weighted by atomic mass is 35.5. The van der Waals surface area contributed by atoms with Gasteiger partial charge in [-0.1, -0.05) is 23.7 Å². The average Bonchev–Trinajstić information content (AvgIpc) is 2.90. The number of imidazole rings is 1. The summed E-state index contributed by atoms with van der Waals surface area (Å²) < 4.78 is 1.58. The maximum Gasteiger partial charge on any atom is 0.252 e. The smallest absolute Gasteiger partial charge is 0.252 e. The maximum absolute atomic E-state index is 12.6. The molecule has 0 aliphatic heterocycles. The van der Waals surface area contributed by atoms with Crippen LogP contribution in [0.25, 0.3) is 16.9 Å². The van der Waals surface area contributed by atoms with E-state index in [4.69, 9.17) is 11.6 Å². The lowest BCUT2D eigenvalue weighted by Gasteiger charge is -2.17. The topological polar surface area (TPSA) is 63.5 Å². The molecule has 2 aromatic heterocycles. The number of ketones is 2. The van der Waals surface area contributed by atoms with E-state index in [2.05, 4.69) is 10.3 Å². The highest BCUT2D eigenvalue weighted by Gasteiger charge is 2.36. The van der Waals surface area contributed by atoms with Crippen LogP contribution in [0.5, 0.6) is 0 Å². The van der Waals surface area contributed by atoms with Crippen LogP contribution in [0, 0.1) is 0 Å². The normalized spacial score (nSPS) is 13.2. The van der Waals surface area contributed by atoms with Crippen LogP contribution in [0.1, 0.15) is 20.8 Å². The van der Waals surface area contributed by atoms with E-state index in [-0.39, 0.29) is 5.69 Å². The van der Waals surface area contributed by atoms with Crippen LogP contribution in [-0.2, 0) is 0 Å². The minimum atomic E-state index is -0.569. The van der Waals surface area contributed by atoms with Gasteiger partial charge in [-0.2, -0.15) is 0 Å². The Hall–Kier alpha value is -2.66. The predicted octanol–water partition coefficient (Wildman–Crippen LogP) is 3.08. The van der Waals surface area contributed by atoms with E-state index >= 15 is 0 Å². The first-order valence-corrected chi connectivity index (χ1v) is 7.07. The summed E-state index contributed by atoms with van der Waals surface area (Å²) in [5.74, 6) is -1.10. The molecular formula is C16H10ClN3O2. The summed E-state index contributed by atoms with van der Waals surface area (Å²) >= 11 is 6.00. The number of hydrogen-bond acceptors (Lipinski definition) is 4. The summed E-state index contributed by atoms with van der Waals surface area (Å²) in [6.07, 6.45) is 1.60. The molecule has 2 heterocycles. The van der Waals surface area contributed by atoms with Crippen LogP contribution in [0.3, 0.4) is 0 Å². The molecule has 4 rings (SSSR count). The van der Waals surface area contributed by atoms with Crippen molar-refractivity contribution in [3.8, 4) is 11.3 Å². The zero-order chi connectivity index (χ0) is 15.4. The first-order chi connectivity index (χ1) is 10.6. The molecule has 0 saturated heterocycles. The van der Waals surface area contributed by atoms with Gasteiger partial charge in [-0.25, -0.2) is 4.98 Å². The Balaban J connectivity index is 2.15. The van der Waals surface area contributed by atoms with Crippen molar-refractivity contribution in [2.75, 3.05) is 12.4 Å². The van der Waals surface area contributed by atoms with Gasteiger partial charge >= 0.3 is 0 Å². The molecule has 0 fully saturated rings. The van der Waals surface area contributed by atoms with Crippen molar-refractivity contribution in [1.29, 1.82) is 0 Å². The van der Waals surface area contributed by atoms with E-state index in [1.807, 2.05) is 6.07 Å². The molecule has 0 amide bonds. The molecular weight excluding hydrogens is 302 g/mol. The summed E-state index contributed by atoms with van der Waals surface area (Å²) in [6.45, 7) is 0. The molecule has 0 bridgehead atoms. The summed E-state index contributed by atoms with van der Waals surface area (Å²) in [5, 5.41) is 3.43. The number of nitrogens with zero attached hydrogens (tertiary/aromatic N) is 2. The first kappa shape index (κ1) is 13.0. The van der Waals surface area contributed by atoms with Gasteiger partial charge in [0.05, 0.1) is 10.6 Å². The summed E-state index contributed by atoms with van der Waals surface area (Å²) in [4.78, 5) is 29.6. The van der Waals surface area contributed by atoms with Gasteiger partial charge in [0.1, 0.15) is 17.0 Å². The SMILES string of the molecule is CNc1cccc2c1C(=O)C(=O)c1c-2nc2ccc(Cl)cn12. The van der Waals surface area contributed by atoms with E-state index in [1.165, 1.54) is 0 Å². The van der Waals surface area contributed by atoms with Gasteiger partial charge < -0.3 is 5.32 Å². The number of benzene rings is 1. The van der Waals surface area contributed by atoms with Crippen LogP contribution in [-0.4, -0.2) is 28.0 Å². The Morgan fingerprint density at radius 2 is 1.95 bits per heavy atom. The van der Waals surface area contributed by atoms with E-state index in [0.29, 0.717) is 33.2 Å². The quantitative estimate of drug-likeness (QED) is 0.702. The van der Waals surface area contributed by atoms with Gasteiger partial charge in [0.15, 0.2) is 0 Å². The van der Waals surface area contributed by atoms with Crippen LogP contribution in [0.4, 0.5) is 5.69 Å². The zero-order valence-electron chi connectivity index (χ0n) is 11.6. The Kier molecular flexibility index (Phi) is 2.62. The molecule has 6 heteroatoms. The number of aromatic nitrogens is 2. The van der Waals surface area contributed by atoms with E-state index in [0.717, 1.165) is 0 Å². The average molecular weight is 312 g/mol. The third-order valence-corrected chi connectivity index (χ3v) is 4.04. The van der Waals surface area contributed by atoms with Crippen LogP contribution in [0.2, 0.25) is 5.02 Å². The van der Waals surface area contributed by atoms with Gasteiger partial charge in [0.25, 0.3) is 5.78 Å². The molecule has 1 N–H and O–H groups in total. The van der Waals surface area contributed by atoms with Crippen molar-refractivity contribution >= 4 is 34.5 Å². The predicted molar refractivity (Wildman–Crippen MR) is 83.8 cm³/mol. The second kappa shape index (κ2) is 4.42. The van der Waals surface area contributed by atoms with E-state index in [1.54, 1.807) is 41.9 Å². The van der Waals surface area contributed by atoms with E-state index in [9.17, 15) is 9.59 Å². The number of fused-ring (bicyclic) bond motifs is 5. The van der Waals surface area contributed by atoms with Gasteiger partial charge in [-0.05, 0) is 18.2 Å². The molecule has 3 aromatic rings. The minimum absolute atomic E-state index is 0.267. The molecule has 22 heavy (non-hydrogen) atoms. The Bertz CT molecular complexity index is 975. The zero-order valence-corrected chi connectivity index (χ0v) is 12.3.